The van der Waals surface area contributed by atoms with E-state index in [0.717, 1.165) is 0 Å². The van der Waals surface area contributed by atoms with Crippen molar-refractivity contribution >= 4 is 24.6 Å². The number of aliphatic imine (C=N–C) groups is 1. The predicted molar refractivity (Wildman–Crippen MR) is 147 cm³/mol. The smallest absolute Gasteiger partial charge is 1.00 e. The number of benzene rings is 2. The number of allylic oxidation sites excluding steroid dienone is 4. The summed E-state index contributed by atoms with van der Waals surface area (Å²) in [5.41, 5.74) is 10.9. The van der Waals surface area contributed by atoms with Gasteiger partial charge < -0.3 is 24.8 Å². The van der Waals surface area contributed by atoms with Crippen molar-refractivity contribution in [3.05, 3.63) is 99.0 Å². The summed E-state index contributed by atoms with van der Waals surface area (Å²) in [6, 6.07) is 20.2. The molecule has 5 heteroatoms. The Kier molecular flexibility index (Phi) is 10.3. The second-order valence-electron chi connectivity index (χ2n) is 10.3. The molecule has 0 unspecified atom stereocenters. The van der Waals surface area contributed by atoms with E-state index in [1.165, 1.54) is 74.8 Å². The van der Waals surface area contributed by atoms with Gasteiger partial charge in [-0.05, 0) is 59.9 Å². The van der Waals surface area contributed by atoms with E-state index in [4.69, 9.17) is 0 Å². The first-order valence-corrected chi connectivity index (χ1v) is 15.3. The minimum Gasteiger partial charge on any atom is -1.00 e. The van der Waals surface area contributed by atoms with E-state index in [1.54, 1.807) is 10.4 Å². The number of hydrogen-bond donors (Lipinski definition) is 0. The van der Waals surface area contributed by atoms with Crippen LogP contribution in [-0.4, -0.2) is 13.8 Å². The van der Waals surface area contributed by atoms with Gasteiger partial charge in [0.25, 0.3) is 0 Å². The minimum absolute atomic E-state index is 0. The van der Waals surface area contributed by atoms with Crippen molar-refractivity contribution in [2.45, 2.75) is 60.1 Å². The fraction of sp³-hybridized carbons (Fsp3) is 0.290. The van der Waals surface area contributed by atoms with Gasteiger partial charge >= 0.3 is 26.2 Å². The third kappa shape index (κ3) is 5.28. The SMILES string of the molecule is CC1=NC2=C3C(C)=C(C2=C1)[Si]3(C)C.CCCCc1ccc(-c2cccc3[cH-]c(C)cc23)cc1.[Cl-].[Cl-].[Zr+3]. The van der Waals surface area contributed by atoms with Gasteiger partial charge in [-0.15, -0.1) is 34.5 Å². The predicted octanol–water partition coefficient (Wildman–Crippen LogP) is 2.65. The molecule has 3 aliphatic heterocycles. The van der Waals surface area contributed by atoms with Crippen molar-refractivity contribution in [3.63, 3.8) is 0 Å². The molecule has 2 bridgehead atoms. The summed E-state index contributed by atoms with van der Waals surface area (Å²) in [6.07, 6.45) is 5.98. The molecule has 1 radical (unpaired) electrons. The summed E-state index contributed by atoms with van der Waals surface area (Å²) in [5, 5.41) is 5.99. The van der Waals surface area contributed by atoms with E-state index in [2.05, 4.69) is 106 Å². The van der Waals surface area contributed by atoms with Gasteiger partial charge in [-0.1, -0.05) is 69.3 Å². The summed E-state index contributed by atoms with van der Waals surface area (Å²) < 4.78 is 0. The zero-order valence-electron chi connectivity index (χ0n) is 22.1. The Morgan fingerprint density at radius 2 is 1.61 bits per heavy atom. The van der Waals surface area contributed by atoms with E-state index >= 15 is 0 Å². The Hall–Kier alpha value is -1.38. The average Bonchev–Trinajstić information content (AvgIpc) is 3.46. The molecule has 0 aromatic heterocycles. The van der Waals surface area contributed by atoms with Crippen molar-refractivity contribution in [1.82, 2.24) is 0 Å². The first kappa shape index (κ1) is 30.8. The first-order chi connectivity index (χ1) is 15.8. The molecule has 1 aliphatic carbocycles. The molecule has 4 aliphatic rings. The minimum atomic E-state index is -1.15. The number of rotatable bonds is 4. The fourth-order valence-corrected chi connectivity index (χ4v) is 9.77. The van der Waals surface area contributed by atoms with Gasteiger partial charge in [-0.3, -0.25) is 4.99 Å². The van der Waals surface area contributed by atoms with Crippen molar-refractivity contribution < 1.29 is 51.0 Å². The zero-order valence-corrected chi connectivity index (χ0v) is 27.1. The molecule has 0 atom stereocenters. The van der Waals surface area contributed by atoms with Crippen molar-refractivity contribution in [2.75, 3.05) is 0 Å². The van der Waals surface area contributed by atoms with Gasteiger partial charge in [0.1, 0.15) is 8.07 Å². The van der Waals surface area contributed by atoms with Crippen LogP contribution < -0.4 is 24.8 Å². The summed E-state index contributed by atoms with van der Waals surface area (Å²) in [4.78, 5) is 4.62. The quantitative estimate of drug-likeness (QED) is 0.319. The number of fused-ring (bicyclic) bond motifs is 1. The van der Waals surface area contributed by atoms with E-state index < -0.39 is 8.07 Å². The van der Waals surface area contributed by atoms with E-state index in [9.17, 15) is 0 Å². The molecule has 0 fully saturated rings. The van der Waals surface area contributed by atoms with Crippen LogP contribution in [0.25, 0.3) is 21.9 Å². The molecule has 0 saturated carbocycles. The maximum absolute atomic E-state index is 4.62. The summed E-state index contributed by atoms with van der Waals surface area (Å²) >= 11 is 0. The van der Waals surface area contributed by atoms with Crippen molar-refractivity contribution in [3.8, 4) is 11.1 Å². The maximum Gasteiger partial charge on any atom is 3.00 e. The second-order valence-corrected chi connectivity index (χ2v) is 14.6. The van der Waals surface area contributed by atoms with Gasteiger partial charge in [0, 0.05) is 11.3 Å². The molecule has 36 heavy (non-hydrogen) atoms. The molecular weight excluding hydrogens is 577 g/mol. The average molecular weight is 611 g/mol. The molecule has 0 amide bonds. The van der Waals surface area contributed by atoms with Crippen molar-refractivity contribution in [1.29, 1.82) is 0 Å². The Labute approximate surface area is 249 Å². The third-order valence-electron chi connectivity index (χ3n) is 7.38. The van der Waals surface area contributed by atoms with Crippen molar-refractivity contribution in [2.24, 2.45) is 4.99 Å². The Bertz CT molecular complexity index is 1390. The van der Waals surface area contributed by atoms with Crippen LogP contribution in [0.2, 0.25) is 13.1 Å². The monoisotopic (exact) mass is 608 g/mol. The number of unbranched alkanes of at least 4 members (excludes halogenated alkanes) is 1. The van der Waals surface area contributed by atoms with Crippen LogP contribution in [0, 0.1) is 6.92 Å². The second kappa shape index (κ2) is 12.0. The van der Waals surface area contributed by atoms with Crippen LogP contribution in [0.5, 0.6) is 0 Å². The van der Waals surface area contributed by atoms with Crippen LogP contribution >= 0.6 is 0 Å². The molecule has 3 aromatic rings. The van der Waals surface area contributed by atoms with Gasteiger partial charge in [0.15, 0.2) is 0 Å². The largest absolute Gasteiger partial charge is 3.00 e. The van der Waals surface area contributed by atoms with Crippen LogP contribution in [0.3, 0.4) is 0 Å². The van der Waals surface area contributed by atoms with Crippen LogP contribution in [-0.2, 0) is 32.6 Å². The van der Waals surface area contributed by atoms with E-state index in [-0.39, 0.29) is 51.0 Å². The van der Waals surface area contributed by atoms with Gasteiger partial charge in [0.2, 0.25) is 0 Å². The molecule has 3 aromatic carbocycles. The van der Waals surface area contributed by atoms with Crippen LogP contribution in [0.15, 0.2) is 92.9 Å². The molecule has 7 rings (SSSR count). The summed E-state index contributed by atoms with van der Waals surface area (Å²) in [5.74, 6) is 0. The number of hydrogen-bond acceptors (Lipinski definition) is 1. The van der Waals surface area contributed by atoms with Crippen LogP contribution in [0.1, 0.15) is 44.7 Å². The standard InChI is InChI=1S/C20H21.C11H13NSi.2ClH.Zr/c1-3-4-6-16-9-11-17(12-10-16)19-8-5-7-18-13-15(2)14-20(18)19;1-6-5-8-9(12-6)11-7(2)10(8)13(11,3)4;;;/h5,7-14H,3-4,6H2,1-2H3;5H,1-4H3;2*1H;/q-1;;;;+3/p-2. The van der Waals surface area contributed by atoms with Crippen LogP contribution in [0.4, 0.5) is 0 Å². The Morgan fingerprint density at radius 3 is 2.22 bits per heavy atom. The summed E-state index contributed by atoms with van der Waals surface area (Å²) in [6.45, 7) is 13.6. The number of aryl methyl sites for hydroxylation is 2. The normalized spacial score (nSPS) is 16.1. The molecule has 0 N–H and O–H groups in total. The Balaban J connectivity index is 0.000000250. The van der Waals surface area contributed by atoms with Gasteiger partial charge in [-0.25, -0.2) is 0 Å². The maximum atomic E-state index is 4.62. The summed E-state index contributed by atoms with van der Waals surface area (Å²) in [7, 11) is -1.15. The fourth-order valence-electron chi connectivity index (χ4n) is 5.93. The topological polar surface area (TPSA) is 12.4 Å². The zero-order chi connectivity index (χ0) is 23.3. The van der Waals surface area contributed by atoms with E-state index in [1.807, 2.05) is 0 Å². The number of halogens is 2. The van der Waals surface area contributed by atoms with Gasteiger partial charge in [-0.2, -0.15) is 6.07 Å². The van der Waals surface area contributed by atoms with Gasteiger partial charge in [0.05, 0.1) is 5.70 Å². The first-order valence-electron chi connectivity index (χ1n) is 12.3. The number of nitrogens with zero attached hydrogens (tertiary/aromatic N) is 1. The molecule has 0 spiro atoms. The molecule has 1 nitrogen and oxygen atoms in total. The molecule has 0 saturated heterocycles. The third-order valence-corrected chi connectivity index (χ3v) is 11.1. The Morgan fingerprint density at radius 1 is 0.917 bits per heavy atom. The molecule has 3 heterocycles. The molecule has 185 valence electrons. The van der Waals surface area contributed by atoms with E-state index in [0.29, 0.717) is 0 Å². The molecular formula is C31H34Cl2NSiZr.